The summed E-state index contributed by atoms with van der Waals surface area (Å²) < 4.78 is 11.5. The van der Waals surface area contributed by atoms with Crippen LogP contribution in [0.4, 0.5) is 5.69 Å². The maximum atomic E-state index is 11.7. The van der Waals surface area contributed by atoms with Gasteiger partial charge in [0.05, 0.1) is 20.3 Å². The van der Waals surface area contributed by atoms with Gasteiger partial charge in [-0.15, -0.1) is 10.2 Å². The van der Waals surface area contributed by atoms with Gasteiger partial charge in [-0.1, -0.05) is 11.8 Å². The van der Waals surface area contributed by atoms with E-state index in [2.05, 4.69) is 15.5 Å². The highest BCUT2D eigenvalue weighted by atomic mass is 32.2. The number of thioether (sulfide) groups is 1. The van der Waals surface area contributed by atoms with E-state index in [0.29, 0.717) is 24.1 Å². The van der Waals surface area contributed by atoms with Crippen LogP contribution < -0.4 is 15.9 Å². The first-order valence-corrected chi connectivity index (χ1v) is 8.33. The quantitative estimate of drug-likeness (QED) is 0.420. The Hall–Kier alpha value is -2.42. The van der Waals surface area contributed by atoms with E-state index in [4.69, 9.17) is 15.3 Å². The summed E-state index contributed by atoms with van der Waals surface area (Å²) in [6.45, 7) is 4.26. The van der Waals surface area contributed by atoms with E-state index in [1.807, 2.05) is 24.3 Å². The zero-order chi connectivity index (χ0) is 17.5. The van der Waals surface area contributed by atoms with Gasteiger partial charge in [-0.3, -0.25) is 4.79 Å². The molecule has 8 nitrogen and oxygen atoms in total. The first-order valence-electron chi connectivity index (χ1n) is 7.45. The Bertz CT molecular complexity index is 674. The minimum atomic E-state index is -0.404. The van der Waals surface area contributed by atoms with Crippen LogP contribution >= 0.6 is 11.8 Å². The van der Waals surface area contributed by atoms with Gasteiger partial charge in [0.15, 0.2) is 5.82 Å². The number of nitrogen functional groups attached to an aromatic ring is 1. The second-order valence-corrected chi connectivity index (χ2v) is 6.17. The van der Waals surface area contributed by atoms with Crippen molar-refractivity contribution in [3.05, 3.63) is 30.1 Å². The molecule has 0 amide bonds. The highest BCUT2D eigenvalue weighted by Crippen LogP contribution is 2.22. The van der Waals surface area contributed by atoms with Gasteiger partial charge in [-0.05, 0) is 38.1 Å². The number of carbonyl (C=O) groups excluding carboxylic acids is 1. The van der Waals surface area contributed by atoms with Crippen LogP contribution in [0, 0.1) is 0 Å². The molecule has 2 aromatic rings. The van der Waals surface area contributed by atoms with Gasteiger partial charge in [-0.25, -0.2) is 4.68 Å². The summed E-state index contributed by atoms with van der Waals surface area (Å²) >= 11 is 1.21. The Morgan fingerprint density at radius 3 is 2.71 bits per heavy atom. The van der Waals surface area contributed by atoms with Crippen LogP contribution in [0.15, 0.2) is 29.4 Å². The van der Waals surface area contributed by atoms with Crippen LogP contribution in [-0.2, 0) is 16.1 Å². The average molecular weight is 351 g/mol. The number of nitrogens with two attached hydrogens (primary N) is 1. The number of hydrogen-bond acceptors (Lipinski definition) is 8. The van der Waals surface area contributed by atoms with Crippen molar-refractivity contribution in [3.8, 4) is 5.75 Å². The molecule has 0 aliphatic rings. The van der Waals surface area contributed by atoms with E-state index in [-0.39, 0.29) is 5.97 Å². The molecule has 1 aromatic heterocycles. The molecule has 0 spiro atoms. The molecule has 0 bridgehead atoms. The van der Waals surface area contributed by atoms with Crippen LogP contribution in [0.1, 0.15) is 19.7 Å². The summed E-state index contributed by atoms with van der Waals surface area (Å²) in [5.74, 6) is 7.04. The monoisotopic (exact) mass is 351 g/mol. The molecule has 0 aliphatic heterocycles. The number of esters is 1. The van der Waals surface area contributed by atoms with E-state index >= 15 is 0 Å². The lowest BCUT2D eigenvalue weighted by Gasteiger charge is -2.10. The Kier molecular flexibility index (Phi) is 6.30. The van der Waals surface area contributed by atoms with Crippen molar-refractivity contribution < 1.29 is 14.3 Å². The van der Waals surface area contributed by atoms with Crippen molar-refractivity contribution in [2.24, 2.45) is 0 Å². The molecule has 1 unspecified atom stereocenters. The predicted octanol–water partition coefficient (Wildman–Crippen LogP) is 1.66. The number of ether oxygens (including phenoxy) is 2. The van der Waals surface area contributed by atoms with Gasteiger partial charge in [-0.2, -0.15) is 0 Å². The van der Waals surface area contributed by atoms with E-state index < -0.39 is 5.25 Å². The van der Waals surface area contributed by atoms with Gasteiger partial charge in [0.1, 0.15) is 11.0 Å². The molecular formula is C15H21N5O3S. The lowest BCUT2D eigenvalue weighted by atomic mass is 10.3. The van der Waals surface area contributed by atoms with Gasteiger partial charge < -0.3 is 20.6 Å². The molecule has 24 heavy (non-hydrogen) atoms. The number of anilines is 1. The molecule has 1 atom stereocenters. The zero-order valence-corrected chi connectivity index (χ0v) is 14.7. The Labute approximate surface area is 144 Å². The third-order valence-electron chi connectivity index (χ3n) is 3.18. The molecule has 1 aromatic carbocycles. The summed E-state index contributed by atoms with van der Waals surface area (Å²) in [6.07, 6.45) is 0. The largest absolute Gasteiger partial charge is 0.497 e. The topological polar surface area (TPSA) is 104 Å². The van der Waals surface area contributed by atoms with Crippen molar-refractivity contribution in [2.45, 2.75) is 30.8 Å². The summed E-state index contributed by atoms with van der Waals surface area (Å²) in [5, 5.41) is 11.3. The fourth-order valence-corrected chi connectivity index (χ4v) is 2.65. The first kappa shape index (κ1) is 17.9. The molecule has 0 aliphatic carbocycles. The van der Waals surface area contributed by atoms with Crippen molar-refractivity contribution in [1.82, 2.24) is 14.9 Å². The van der Waals surface area contributed by atoms with E-state index in [9.17, 15) is 4.79 Å². The molecule has 0 radical (unpaired) electrons. The number of aromatic nitrogens is 3. The Morgan fingerprint density at radius 1 is 1.38 bits per heavy atom. The molecule has 1 heterocycles. The molecule has 0 saturated carbocycles. The fourth-order valence-electron chi connectivity index (χ4n) is 1.86. The maximum absolute atomic E-state index is 11.7. The minimum absolute atomic E-state index is 0.302. The van der Waals surface area contributed by atoms with Gasteiger partial charge in [0.25, 0.3) is 0 Å². The number of methoxy groups -OCH3 is 1. The number of rotatable bonds is 8. The van der Waals surface area contributed by atoms with Crippen LogP contribution in [0.5, 0.6) is 5.75 Å². The number of nitrogens with zero attached hydrogens (tertiary/aromatic N) is 3. The third-order valence-corrected chi connectivity index (χ3v) is 4.21. The zero-order valence-electron chi connectivity index (χ0n) is 13.9. The van der Waals surface area contributed by atoms with Crippen molar-refractivity contribution >= 4 is 23.4 Å². The molecule has 130 valence electrons. The maximum Gasteiger partial charge on any atom is 0.319 e. The fraction of sp³-hybridized carbons (Fsp3) is 0.400. The van der Waals surface area contributed by atoms with E-state index in [1.54, 1.807) is 21.0 Å². The molecule has 3 N–H and O–H groups in total. The molecule has 2 rings (SSSR count). The number of carbonyl (C=O) groups is 1. The van der Waals surface area contributed by atoms with Crippen LogP contribution in [0.3, 0.4) is 0 Å². The molecule has 0 saturated heterocycles. The summed E-state index contributed by atoms with van der Waals surface area (Å²) in [5.41, 5.74) is 0.910. The first-order chi connectivity index (χ1) is 11.5. The second-order valence-electron chi connectivity index (χ2n) is 4.86. The highest BCUT2D eigenvalue weighted by molar-refractivity contribution is 8.00. The minimum Gasteiger partial charge on any atom is -0.497 e. The van der Waals surface area contributed by atoms with Crippen LogP contribution in [-0.4, -0.2) is 39.8 Å². The normalized spacial score (nSPS) is 11.8. The average Bonchev–Trinajstić information content (AvgIpc) is 2.93. The summed E-state index contributed by atoms with van der Waals surface area (Å²) in [6, 6.07) is 7.51. The standard InChI is InChI=1S/C15H21N5O3S/c1-4-23-14(21)10(2)24-15-19-18-13(20(15)16)9-17-11-5-7-12(22-3)8-6-11/h5-8,10,17H,4,9,16H2,1-3H3. The van der Waals surface area contributed by atoms with Crippen molar-refractivity contribution in [3.63, 3.8) is 0 Å². The van der Waals surface area contributed by atoms with Crippen LogP contribution in [0.2, 0.25) is 0 Å². The van der Waals surface area contributed by atoms with E-state index in [0.717, 1.165) is 11.4 Å². The second kappa shape index (κ2) is 8.44. The van der Waals surface area contributed by atoms with E-state index in [1.165, 1.54) is 16.4 Å². The van der Waals surface area contributed by atoms with Crippen molar-refractivity contribution in [2.75, 3.05) is 24.9 Å². The van der Waals surface area contributed by atoms with Crippen molar-refractivity contribution in [1.29, 1.82) is 0 Å². The Balaban J connectivity index is 1.95. The van der Waals surface area contributed by atoms with Crippen LogP contribution in [0.25, 0.3) is 0 Å². The third kappa shape index (κ3) is 4.54. The Morgan fingerprint density at radius 2 is 2.08 bits per heavy atom. The number of nitrogens with one attached hydrogen (secondary N) is 1. The molecule has 9 heteroatoms. The predicted molar refractivity (Wildman–Crippen MR) is 92.4 cm³/mol. The highest BCUT2D eigenvalue weighted by Gasteiger charge is 2.20. The van der Waals surface area contributed by atoms with Gasteiger partial charge >= 0.3 is 5.97 Å². The summed E-state index contributed by atoms with van der Waals surface area (Å²) in [4.78, 5) is 11.7. The summed E-state index contributed by atoms with van der Waals surface area (Å²) in [7, 11) is 1.62. The number of hydrogen-bond donors (Lipinski definition) is 2. The van der Waals surface area contributed by atoms with Gasteiger partial charge in [0.2, 0.25) is 5.16 Å². The number of benzene rings is 1. The SMILES string of the molecule is CCOC(=O)C(C)Sc1nnc(CNc2ccc(OC)cc2)n1N. The molecular weight excluding hydrogens is 330 g/mol. The molecule has 0 fully saturated rings. The smallest absolute Gasteiger partial charge is 0.319 e. The van der Waals surface area contributed by atoms with Gasteiger partial charge in [0, 0.05) is 5.69 Å². The lowest BCUT2D eigenvalue weighted by molar-refractivity contribution is -0.142. The lowest BCUT2D eigenvalue weighted by Crippen LogP contribution is -2.20.